The highest BCUT2D eigenvalue weighted by Gasteiger charge is 2.55. The maximum Gasteiger partial charge on any atom is 0.411 e. The number of methoxy groups -OCH3 is 1. The predicted octanol–water partition coefficient (Wildman–Crippen LogP) is 1.52. The number of hydrogen-bond acceptors (Lipinski definition) is 5. The minimum atomic E-state index is -1.50. The van der Waals surface area contributed by atoms with E-state index in [1.54, 1.807) is 0 Å². The number of esters is 1. The quantitative estimate of drug-likeness (QED) is 0.430. The van der Waals surface area contributed by atoms with Crippen LogP contribution >= 0.6 is 0 Å². The lowest BCUT2D eigenvalue weighted by Gasteiger charge is -2.32. The van der Waals surface area contributed by atoms with Gasteiger partial charge < -0.3 is 9.47 Å². The van der Waals surface area contributed by atoms with E-state index in [1.165, 1.54) is 18.9 Å². The number of nitrogens with zero attached hydrogens (tertiary/aromatic N) is 1. The first kappa shape index (κ1) is 15.5. The number of rotatable bonds is 5. The van der Waals surface area contributed by atoms with E-state index in [-0.39, 0.29) is 12.2 Å². The molecule has 1 fully saturated rings. The van der Waals surface area contributed by atoms with Crippen LogP contribution in [0, 0.1) is 0 Å². The zero-order valence-corrected chi connectivity index (χ0v) is 11.7. The zero-order chi connectivity index (χ0) is 14.5. The zero-order valence-electron chi connectivity index (χ0n) is 11.7. The summed E-state index contributed by atoms with van der Waals surface area (Å²) in [7, 11) is 1.21. The Morgan fingerprint density at radius 3 is 2.53 bits per heavy atom. The number of amides is 1. The van der Waals surface area contributed by atoms with E-state index in [0.29, 0.717) is 19.6 Å². The van der Waals surface area contributed by atoms with Gasteiger partial charge in [0.2, 0.25) is 5.54 Å². The summed E-state index contributed by atoms with van der Waals surface area (Å²) in [6.07, 6.45) is 1.91. The SMILES string of the molecule is CCCCOC(=O)N1CCCC1(C(C)=O)C(=O)OC. The molecule has 108 valence electrons. The predicted molar refractivity (Wildman–Crippen MR) is 67.6 cm³/mol. The lowest BCUT2D eigenvalue weighted by Crippen LogP contribution is -2.58. The Hall–Kier alpha value is -1.59. The molecule has 0 bridgehead atoms. The Morgan fingerprint density at radius 2 is 2.00 bits per heavy atom. The molecule has 0 aliphatic carbocycles. The summed E-state index contributed by atoms with van der Waals surface area (Å²) in [4.78, 5) is 37.0. The second-order valence-electron chi connectivity index (χ2n) is 4.63. The molecule has 1 aliphatic rings. The van der Waals surface area contributed by atoms with Crippen LogP contribution in [0.4, 0.5) is 4.79 Å². The molecule has 0 N–H and O–H groups in total. The van der Waals surface area contributed by atoms with Gasteiger partial charge in [0.15, 0.2) is 5.78 Å². The van der Waals surface area contributed by atoms with Gasteiger partial charge in [-0.05, 0) is 26.2 Å². The van der Waals surface area contributed by atoms with Gasteiger partial charge in [-0.2, -0.15) is 0 Å². The van der Waals surface area contributed by atoms with Crippen LogP contribution in [0.2, 0.25) is 0 Å². The summed E-state index contributed by atoms with van der Waals surface area (Å²) in [5, 5.41) is 0. The molecule has 1 heterocycles. The molecule has 0 aromatic heterocycles. The monoisotopic (exact) mass is 271 g/mol. The van der Waals surface area contributed by atoms with Gasteiger partial charge >= 0.3 is 12.1 Å². The topological polar surface area (TPSA) is 72.9 Å². The van der Waals surface area contributed by atoms with Crippen molar-refractivity contribution in [2.75, 3.05) is 20.3 Å². The largest absolute Gasteiger partial charge is 0.467 e. The van der Waals surface area contributed by atoms with Gasteiger partial charge in [0.1, 0.15) is 0 Å². The van der Waals surface area contributed by atoms with Crippen molar-refractivity contribution in [2.24, 2.45) is 0 Å². The smallest absolute Gasteiger partial charge is 0.411 e. The van der Waals surface area contributed by atoms with E-state index in [9.17, 15) is 14.4 Å². The van der Waals surface area contributed by atoms with Crippen LogP contribution in [-0.4, -0.2) is 48.5 Å². The van der Waals surface area contributed by atoms with Crippen molar-refractivity contribution in [3.63, 3.8) is 0 Å². The minimum absolute atomic E-state index is 0.290. The first-order valence-corrected chi connectivity index (χ1v) is 6.54. The van der Waals surface area contributed by atoms with Crippen molar-refractivity contribution in [3.05, 3.63) is 0 Å². The van der Waals surface area contributed by atoms with E-state index in [2.05, 4.69) is 0 Å². The molecule has 1 rings (SSSR count). The molecule has 1 unspecified atom stereocenters. The summed E-state index contributed by atoms with van der Waals surface area (Å²) in [6, 6.07) is 0. The highest BCUT2D eigenvalue weighted by atomic mass is 16.6. The lowest BCUT2D eigenvalue weighted by atomic mass is 9.92. The first-order chi connectivity index (χ1) is 9.00. The maximum atomic E-state index is 12.0. The van der Waals surface area contributed by atoms with Crippen molar-refractivity contribution in [2.45, 2.75) is 45.1 Å². The third-order valence-corrected chi connectivity index (χ3v) is 3.43. The normalized spacial score (nSPS) is 22.2. The molecular formula is C13H21NO5. The molecule has 1 aliphatic heterocycles. The number of ketones is 1. The van der Waals surface area contributed by atoms with Crippen molar-refractivity contribution < 1.29 is 23.9 Å². The molecule has 19 heavy (non-hydrogen) atoms. The van der Waals surface area contributed by atoms with Crippen molar-refractivity contribution in [3.8, 4) is 0 Å². The molecule has 1 amide bonds. The summed E-state index contributed by atoms with van der Waals surface area (Å²) < 4.78 is 9.79. The van der Waals surface area contributed by atoms with E-state index >= 15 is 0 Å². The maximum absolute atomic E-state index is 12.0. The fourth-order valence-electron chi connectivity index (χ4n) is 2.34. The molecule has 6 heteroatoms. The Morgan fingerprint density at radius 1 is 1.32 bits per heavy atom. The highest BCUT2D eigenvalue weighted by Crippen LogP contribution is 2.32. The van der Waals surface area contributed by atoms with Crippen LogP contribution in [-0.2, 0) is 19.1 Å². The van der Waals surface area contributed by atoms with Crippen LogP contribution in [0.3, 0.4) is 0 Å². The van der Waals surface area contributed by atoms with Crippen molar-refractivity contribution in [1.29, 1.82) is 0 Å². The fourth-order valence-corrected chi connectivity index (χ4v) is 2.34. The average molecular weight is 271 g/mol. The number of ether oxygens (including phenoxy) is 2. The van der Waals surface area contributed by atoms with Crippen LogP contribution in [0.5, 0.6) is 0 Å². The van der Waals surface area contributed by atoms with Gasteiger partial charge in [0.25, 0.3) is 0 Å². The summed E-state index contributed by atoms with van der Waals surface area (Å²) >= 11 is 0. The molecule has 0 aromatic rings. The second-order valence-corrected chi connectivity index (χ2v) is 4.63. The van der Waals surface area contributed by atoms with Gasteiger partial charge in [-0.25, -0.2) is 9.59 Å². The molecule has 0 aromatic carbocycles. The Balaban J connectivity index is 2.88. The van der Waals surface area contributed by atoms with Gasteiger partial charge in [0, 0.05) is 6.54 Å². The van der Waals surface area contributed by atoms with E-state index < -0.39 is 17.6 Å². The van der Waals surface area contributed by atoms with Crippen molar-refractivity contribution >= 4 is 17.8 Å². The van der Waals surface area contributed by atoms with Crippen molar-refractivity contribution in [1.82, 2.24) is 4.90 Å². The third kappa shape index (κ3) is 2.88. The molecule has 0 spiro atoms. The Labute approximate surface area is 113 Å². The van der Waals surface area contributed by atoms with Crippen LogP contribution < -0.4 is 0 Å². The number of Topliss-reactive ketones (excluding diaryl/α,β-unsaturated/α-hetero) is 1. The van der Waals surface area contributed by atoms with Gasteiger partial charge in [-0.1, -0.05) is 13.3 Å². The summed E-state index contributed by atoms with van der Waals surface area (Å²) in [5.74, 6) is -1.07. The standard InChI is InChI=1S/C13H21NO5/c1-4-5-9-19-12(17)14-8-6-7-13(14,10(2)15)11(16)18-3/h4-9H2,1-3H3. The third-order valence-electron chi connectivity index (χ3n) is 3.43. The summed E-state index contributed by atoms with van der Waals surface area (Å²) in [6.45, 7) is 3.91. The minimum Gasteiger partial charge on any atom is -0.467 e. The number of likely N-dealkylation sites (tertiary alicyclic amines) is 1. The van der Waals surface area contributed by atoms with Gasteiger partial charge in [0.05, 0.1) is 13.7 Å². The number of carbonyl (C=O) groups excluding carboxylic acids is 3. The molecule has 0 saturated carbocycles. The molecule has 0 radical (unpaired) electrons. The summed E-state index contributed by atoms with van der Waals surface area (Å²) in [5.41, 5.74) is -1.50. The average Bonchev–Trinajstić information content (AvgIpc) is 2.83. The number of carbonyl (C=O) groups is 3. The first-order valence-electron chi connectivity index (χ1n) is 6.54. The van der Waals surface area contributed by atoms with Crippen LogP contribution in [0.1, 0.15) is 39.5 Å². The van der Waals surface area contributed by atoms with Crippen LogP contribution in [0.25, 0.3) is 0 Å². The second kappa shape index (κ2) is 6.54. The number of hydrogen-bond donors (Lipinski definition) is 0. The van der Waals surface area contributed by atoms with E-state index in [0.717, 1.165) is 12.8 Å². The van der Waals surface area contributed by atoms with E-state index in [1.807, 2.05) is 6.92 Å². The van der Waals surface area contributed by atoms with Crippen LogP contribution in [0.15, 0.2) is 0 Å². The molecule has 1 saturated heterocycles. The molecule has 6 nitrogen and oxygen atoms in total. The van der Waals surface area contributed by atoms with Gasteiger partial charge in [-0.3, -0.25) is 9.69 Å². The van der Waals surface area contributed by atoms with Gasteiger partial charge in [-0.15, -0.1) is 0 Å². The number of unbranched alkanes of at least 4 members (excludes halogenated alkanes) is 1. The molecular weight excluding hydrogens is 250 g/mol. The fraction of sp³-hybridized carbons (Fsp3) is 0.769. The highest BCUT2D eigenvalue weighted by molar-refractivity contribution is 6.09. The lowest BCUT2D eigenvalue weighted by molar-refractivity contribution is -0.157. The molecule has 1 atom stereocenters. The Kier molecular flexibility index (Phi) is 5.32. The Bertz CT molecular complexity index is 368. The van der Waals surface area contributed by atoms with E-state index in [4.69, 9.17) is 9.47 Å².